The minimum atomic E-state index is -0.215. The van der Waals surface area contributed by atoms with Crippen LogP contribution in [-0.4, -0.2) is 22.6 Å². The molecule has 92 valence electrons. The number of carbonyl (C=O) groups is 2. The zero-order valence-electron chi connectivity index (χ0n) is 9.50. The fourth-order valence-corrected chi connectivity index (χ4v) is 2.65. The highest BCUT2D eigenvalue weighted by atomic mass is 32.2. The summed E-state index contributed by atoms with van der Waals surface area (Å²) in [6, 6.07) is 0. The fraction of sp³-hybridized carbons (Fsp3) is 0.500. The highest BCUT2D eigenvalue weighted by molar-refractivity contribution is 7.94. The Labute approximate surface area is 105 Å². The van der Waals surface area contributed by atoms with Crippen LogP contribution >= 0.6 is 12.0 Å². The summed E-state index contributed by atoms with van der Waals surface area (Å²) in [4.78, 5) is 23.9. The third kappa shape index (κ3) is 2.45. The Bertz CT molecular complexity index is 341. The molecule has 2 aliphatic rings. The fourth-order valence-electron chi connectivity index (χ4n) is 2.06. The van der Waals surface area contributed by atoms with Crippen LogP contribution in [0.3, 0.4) is 0 Å². The molecular weight excluding hydrogens is 238 g/mol. The molecule has 17 heavy (non-hydrogen) atoms. The molecule has 0 N–H and O–H groups in total. The van der Waals surface area contributed by atoms with Gasteiger partial charge in [0.15, 0.2) is 0 Å². The lowest BCUT2D eigenvalue weighted by atomic mass is 9.85. The number of fused-ring (bicyclic) bond motifs is 1. The van der Waals surface area contributed by atoms with Crippen molar-refractivity contribution in [2.75, 3.05) is 5.75 Å². The van der Waals surface area contributed by atoms with E-state index in [4.69, 9.17) is 4.28 Å². The van der Waals surface area contributed by atoms with Gasteiger partial charge in [0, 0.05) is 17.8 Å². The van der Waals surface area contributed by atoms with Gasteiger partial charge in [0.1, 0.15) is 0 Å². The molecular formula is C12H15NO3S. The predicted octanol–water partition coefficient (Wildman–Crippen LogP) is 2.09. The first-order valence-electron chi connectivity index (χ1n) is 5.69. The van der Waals surface area contributed by atoms with E-state index in [-0.39, 0.29) is 23.7 Å². The Hall–Kier alpha value is -1.07. The second kappa shape index (κ2) is 5.51. The van der Waals surface area contributed by atoms with Crippen LogP contribution in [0.1, 0.15) is 19.3 Å². The van der Waals surface area contributed by atoms with Crippen molar-refractivity contribution >= 4 is 23.9 Å². The number of carbonyl (C=O) groups excluding carboxylic acids is 2. The number of nitrogens with zero attached hydrogens (tertiary/aromatic N) is 1. The van der Waals surface area contributed by atoms with E-state index in [1.807, 2.05) is 12.2 Å². The van der Waals surface area contributed by atoms with Gasteiger partial charge in [-0.05, 0) is 19.3 Å². The van der Waals surface area contributed by atoms with Crippen LogP contribution in [0.15, 0.2) is 24.8 Å². The van der Waals surface area contributed by atoms with Crippen molar-refractivity contribution in [1.82, 2.24) is 5.06 Å². The molecule has 5 heteroatoms. The van der Waals surface area contributed by atoms with Gasteiger partial charge in [-0.15, -0.1) is 11.6 Å². The predicted molar refractivity (Wildman–Crippen MR) is 65.6 cm³/mol. The summed E-state index contributed by atoms with van der Waals surface area (Å²) < 4.78 is 5.20. The molecule has 0 radical (unpaired) electrons. The summed E-state index contributed by atoms with van der Waals surface area (Å²) >= 11 is 1.12. The number of hydrogen-bond donors (Lipinski definition) is 0. The van der Waals surface area contributed by atoms with Gasteiger partial charge in [0.05, 0.1) is 11.8 Å². The Morgan fingerprint density at radius 1 is 1.35 bits per heavy atom. The topological polar surface area (TPSA) is 46.6 Å². The van der Waals surface area contributed by atoms with Crippen LogP contribution in [0.2, 0.25) is 0 Å². The molecule has 1 heterocycles. The Kier molecular flexibility index (Phi) is 4.02. The minimum absolute atomic E-state index is 0.199. The SMILES string of the molecule is C=CCCSON1C(=O)C2CC=CCC2C1=O. The van der Waals surface area contributed by atoms with Gasteiger partial charge in [-0.3, -0.25) is 9.59 Å². The summed E-state index contributed by atoms with van der Waals surface area (Å²) in [6.45, 7) is 3.59. The van der Waals surface area contributed by atoms with Crippen molar-refractivity contribution in [1.29, 1.82) is 0 Å². The van der Waals surface area contributed by atoms with Gasteiger partial charge in [0.2, 0.25) is 0 Å². The molecule has 0 aromatic rings. The molecule has 2 unspecified atom stereocenters. The smallest absolute Gasteiger partial charge is 0.258 e. The van der Waals surface area contributed by atoms with Gasteiger partial charge in [-0.1, -0.05) is 18.2 Å². The van der Waals surface area contributed by atoms with Crippen LogP contribution < -0.4 is 0 Å². The highest BCUT2D eigenvalue weighted by Crippen LogP contribution is 2.36. The Morgan fingerprint density at radius 2 is 1.94 bits per heavy atom. The number of amides is 2. The summed E-state index contributed by atoms with van der Waals surface area (Å²) in [7, 11) is 0. The Balaban J connectivity index is 1.93. The second-order valence-corrected chi connectivity index (χ2v) is 4.89. The number of allylic oxidation sites excluding steroid dienone is 3. The number of imide groups is 1. The molecule has 1 fully saturated rings. The molecule has 1 saturated heterocycles. The molecule has 2 rings (SSSR count). The van der Waals surface area contributed by atoms with Gasteiger partial charge >= 0.3 is 0 Å². The van der Waals surface area contributed by atoms with Crippen molar-refractivity contribution in [2.45, 2.75) is 19.3 Å². The number of hydroxylamine groups is 2. The lowest BCUT2D eigenvalue weighted by Gasteiger charge is -2.14. The molecule has 0 bridgehead atoms. The zero-order valence-corrected chi connectivity index (χ0v) is 10.3. The molecule has 0 aromatic carbocycles. The van der Waals surface area contributed by atoms with E-state index in [9.17, 15) is 9.59 Å². The van der Waals surface area contributed by atoms with E-state index in [0.717, 1.165) is 23.5 Å². The first-order valence-corrected chi connectivity index (χ1v) is 6.60. The van der Waals surface area contributed by atoms with Gasteiger partial charge in [0.25, 0.3) is 11.8 Å². The molecule has 2 amide bonds. The third-order valence-corrected chi connectivity index (χ3v) is 3.66. The second-order valence-electron chi connectivity index (χ2n) is 4.10. The average molecular weight is 253 g/mol. The first kappa shape index (κ1) is 12.4. The third-order valence-electron chi connectivity index (χ3n) is 3.00. The standard InChI is InChI=1S/C12H15NO3S/c1-2-3-8-17-16-13-11(14)9-6-4-5-7-10(9)12(13)15/h2,4-5,9-10H,1,3,6-8H2. The van der Waals surface area contributed by atoms with E-state index >= 15 is 0 Å². The molecule has 0 saturated carbocycles. The largest absolute Gasteiger partial charge is 0.272 e. The highest BCUT2D eigenvalue weighted by Gasteiger charge is 2.48. The zero-order chi connectivity index (χ0) is 12.3. The maximum Gasteiger partial charge on any atom is 0.258 e. The van der Waals surface area contributed by atoms with E-state index in [0.29, 0.717) is 18.6 Å². The van der Waals surface area contributed by atoms with Crippen LogP contribution in [-0.2, 0) is 13.9 Å². The molecule has 2 atom stereocenters. The number of hydrogen-bond acceptors (Lipinski definition) is 4. The van der Waals surface area contributed by atoms with Crippen LogP contribution in [0.25, 0.3) is 0 Å². The van der Waals surface area contributed by atoms with E-state index in [2.05, 4.69) is 6.58 Å². The normalized spacial score (nSPS) is 27.4. The molecule has 1 aliphatic heterocycles. The molecule has 4 nitrogen and oxygen atoms in total. The summed E-state index contributed by atoms with van der Waals surface area (Å²) in [5, 5.41) is 0.941. The molecule has 0 aromatic heterocycles. The Morgan fingerprint density at radius 3 is 2.47 bits per heavy atom. The van der Waals surface area contributed by atoms with Crippen molar-refractivity contribution in [3.8, 4) is 0 Å². The molecule has 0 spiro atoms. The van der Waals surface area contributed by atoms with Gasteiger partial charge in [-0.25, -0.2) is 0 Å². The monoisotopic (exact) mass is 253 g/mol. The van der Waals surface area contributed by atoms with E-state index in [1.54, 1.807) is 6.08 Å². The lowest BCUT2D eigenvalue weighted by molar-refractivity contribution is -0.163. The van der Waals surface area contributed by atoms with E-state index in [1.165, 1.54) is 0 Å². The maximum atomic E-state index is 11.9. The summed E-state index contributed by atoms with van der Waals surface area (Å²) in [6.07, 6.45) is 7.77. The summed E-state index contributed by atoms with van der Waals surface area (Å²) in [5.41, 5.74) is 0. The van der Waals surface area contributed by atoms with Crippen molar-refractivity contribution in [3.05, 3.63) is 24.8 Å². The van der Waals surface area contributed by atoms with Crippen LogP contribution in [0, 0.1) is 11.8 Å². The number of rotatable bonds is 5. The first-order chi connectivity index (χ1) is 8.25. The van der Waals surface area contributed by atoms with Gasteiger partial charge in [-0.2, -0.15) is 4.28 Å². The van der Waals surface area contributed by atoms with E-state index < -0.39 is 0 Å². The average Bonchev–Trinajstić information content (AvgIpc) is 2.60. The van der Waals surface area contributed by atoms with Crippen LogP contribution in [0.4, 0.5) is 0 Å². The molecule has 1 aliphatic carbocycles. The van der Waals surface area contributed by atoms with Crippen molar-refractivity contribution < 1.29 is 13.9 Å². The van der Waals surface area contributed by atoms with Crippen LogP contribution in [0.5, 0.6) is 0 Å². The van der Waals surface area contributed by atoms with Crippen molar-refractivity contribution in [3.63, 3.8) is 0 Å². The van der Waals surface area contributed by atoms with Gasteiger partial charge < -0.3 is 0 Å². The van der Waals surface area contributed by atoms with Crippen molar-refractivity contribution in [2.24, 2.45) is 11.8 Å². The maximum absolute atomic E-state index is 11.9. The minimum Gasteiger partial charge on any atom is -0.272 e. The summed E-state index contributed by atoms with van der Waals surface area (Å²) in [5.74, 6) is -0.139. The lowest BCUT2D eigenvalue weighted by Crippen LogP contribution is -2.29. The quantitative estimate of drug-likeness (QED) is 0.326.